The molecule has 6 heteroatoms. The van der Waals surface area contributed by atoms with Crippen LogP contribution in [0.3, 0.4) is 0 Å². The monoisotopic (exact) mass is 267 g/mol. The predicted octanol–water partition coefficient (Wildman–Crippen LogP) is 3.04. The van der Waals surface area contributed by atoms with Gasteiger partial charge in [-0.2, -0.15) is 15.0 Å². The van der Waals surface area contributed by atoms with Gasteiger partial charge in [-0.3, -0.25) is 0 Å². The average Bonchev–Trinajstić information content (AvgIpc) is 2.32. The van der Waals surface area contributed by atoms with Gasteiger partial charge in [-0.05, 0) is 37.1 Å². The first kappa shape index (κ1) is 12.7. The maximum absolute atomic E-state index is 13.5. The third kappa shape index (κ3) is 2.56. The summed E-state index contributed by atoms with van der Waals surface area (Å²) in [5, 5.41) is 0.0205. The summed E-state index contributed by atoms with van der Waals surface area (Å²) in [5.41, 5.74) is 1.03. The Morgan fingerprint density at radius 1 is 1.28 bits per heavy atom. The molecule has 0 N–H and O–H groups in total. The van der Waals surface area contributed by atoms with E-state index in [0.717, 1.165) is 0 Å². The third-order valence-corrected chi connectivity index (χ3v) is 2.54. The van der Waals surface area contributed by atoms with Crippen LogP contribution in [0.4, 0.5) is 4.39 Å². The van der Waals surface area contributed by atoms with Crippen LogP contribution in [-0.2, 0) is 0 Å². The van der Waals surface area contributed by atoms with E-state index in [0.29, 0.717) is 23.6 Å². The Morgan fingerprint density at radius 3 is 2.78 bits per heavy atom. The van der Waals surface area contributed by atoms with E-state index in [-0.39, 0.29) is 17.1 Å². The summed E-state index contributed by atoms with van der Waals surface area (Å²) >= 11 is 5.79. The number of halogens is 2. The van der Waals surface area contributed by atoms with Gasteiger partial charge < -0.3 is 4.74 Å². The Kier molecular flexibility index (Phi) is 3.72. The minimum Gasteiger partial charge on any atom is -0.464 e. The van der Waals surface area contributed by atoms with Crippen molar-refractivity contribution in [3.63, 3.8) is 0 Å². The Bertz CT molecular complexity index is 577. The first-order valence-corrected chi connectivity index (χ1v) is 5.79. The summed E-state index contributed by atoms with van der Waals surface area (Å²) in [4.78, 5) is 11.9. The van der Waals surface area contributed by atoms with Gasteiger partial charge in [0.25, 0.3) is 0 Å². The van der Waals surface area contributed by atoms with Crippen molar-refractivity contribution in [3.8, 4) is 17.4 Å². The van der Waals surface area contributed by atoms with Gasteiger partial charge in [-0.1, -0.05) is 12.1 Å². The third-order valence-electron chi connectivity index (χ3n) is 2.37. The first-order chi connectivity index (χ1) is 8.61. The van der Waals surface area contributed by atoms with Gasteiger partial charge in [0.15, 0.2) is 5.82 Å². The van der Waals surface area contributed by atoms with Crippen LogP contribution in [0.5, 0.6) is 6.01 Å². The molecule has 94 valence electrons. The van der Waals surface area contributed by atoms with E-state index in [9.17, 15) is 4.39 Å². The lowest BCUT2D eigenvalue weighted by Gasteiger charge is -2.07. The van der Waals surface area contributed by atoms with Crippen LogP contribution in [0, 0.1) is 12.7 Å². The highest BCUT2D eigenvalue weighted by molar-refractivity contribution is 6.28. The molecule has 0 aliphatic rings. The summed E-state index contributed by atoms with van der Waals surface area (Å²) < 4.78 is 18.7. The van der Waals surface area contributed by atoms with Crippen LogP contribution >= 0.6 is 11.6 Å². The van der Waals surface area contributed by atoms with Crippen LogP contribution in [0.1, 0.15) is 12.5 Å². The smallest absolute Gasteiger partial charge is 0.321 e. The minimum atomic E-state index is -0.318. The Hall–Kier alpha value is -1.75. The Morgan fingerprint density at radius 2 is 2.06 bits per heavy atom. The van der Waals surface area contributed by atoms with Crippen LogP contribution in [0.2, 0.25) is 5.28 Å². The van der Waals surface area contributed by atoms with Gasteiger partial charge in [-0.25, -0.2) is 4.39 Å². The maximum atomic E-state index is 13.5. The summed E-state index contributed by atoms with van der Waals surface area (Å²) in [6, 6.07) is 4.83. The lowest BCUT2D eigenvalue weighted by Crippen LogP contribution is -2.02. The van der Waals surface area contributed by atoms with Gasteiger partial charge in [0, 0.05) is 5.56 Å². The summed E-state index contributed by atoms with van der Waals surface area (Å²) in [6.45, 7) is 3.88. The number of nitrogens with zero attached hydrogens (tertiary/aromatic N) is 3. The molecule has 0 radical (unpaired) electrons. The SMILES string of the molecule is CCOc1nc(Cl)nc(-c2cccc(F)c2C)n1. The van der Waals surface area contributed by atoms with Gasteiger partial charge >= 0.3 is 6.01 Å². The Balaban J connectivity index is 2.53. The molecule has 2 aromatic rings. The average molecular weight is 268 g/mol. The molecule has 1 aromatic heterocycles. The van der Waals surface area contributed by atoms with E-state index in [4.69, 9.17) is 16.3 Å². The quantitative estimate of drug-likeness (QED) is 0.858. The molecule has 0 aliphatic carbocycles. The fourth-order valence-corrected chi connectivity index (χ4v) is 1.65. The lowest BCUT2D eigenvalue weighted by atomic mass is 10.1. The van der Waals surface area contributed by atoms with E-state index in [2.05, 4.69) is 15.0 Å². The van der Waals surface area contributed by atoms with Gasteiger partial charge in [0.05, 0.1) is 6.61 Å². The van der Waals surface area contributed by atoms with Crippen LogP contribution in [0.25, 0.3) is 11.4 Å². The second-order valence-electron chi connectivity index (χ2n) is 3.56. The summed E-state index contributed by atoms with van der Waals surface area (Å²) in [5.74, 6) is -0.0163. The molecule has 0 unspecified atom stereocenters. The Labute approximate surface area is 109 Å². The number of hydrogen-bond acceptors (Lipinski definition) is 4. The zero-order chi connectivity index (χ0) is 13.1. The van der Waals surface area contributed by atoms with Crippen molar-refractivity contribution in [1.29, 1.82) is 0 Å². The minimum absolute atomic E-state index is 0.0205. The van der Waals surface area contributed by atoms with E-state index >= 15 is 0 Å². The molecule has 0 amide bonds. The fourth-order valence-electron chi connectivity index (χ4n) is 1.50. The van der Waals surface area contributed by atoms with E-state index in [1.807, 2.05) is 6.92 Å². The molecule has 0 atom stereocenters. The fraction of sp³-hybridized carbons (Fsp3) is 0.250. The highest BCUT2D eigenvalue weighted by Crippen LogP contribution is 2.23. The van der Waals surface area contributed by atoms with Crippen molar-refractivity contribution >= 4 is 11.6 Å². The van der Waals surface area contributed by atoms with Gasteiger partial charge in [0.1, 0.15) is 5.82 Å². The van der Waals surface area contributed by atoms with E-state index in [1.54, 1.807) is 19.1 Å². The van der Waals surface area contributed by atoms with Crippen molar-refractivity contribution in [1.82, 2.24) is 15.0 Å². The zero-order valence-electron chi connectivity index (χ0n) is 9.94. The molecule has 18 heavy (non-hydrogen) atoms. The largest absolute Gasteiger partial charge is 0.464 e. The topological polar surface area (TPSA) is 47.9 Å². The molecular formula is C12H11ClFN3O. The molecule has 1 aromatic carbocycles. The van der Waals surface area contributed by atoms with Crippen molar-refractivity contribution in [2.24, 2.45) is 0 Å². The molecule has 2 rings (SSSR count). The predicted molar refractivity (Wildman–Crippen MR) is 66.1 cm³/mol. The van der Waals surface area contributed by atoms with Crippen LogP contribution in [-0.4, -0.2) is 21.6 Å². The van der Waals surface area contributed by atoms with Crippen LogP contribution in [0.15, 0.2) is 18.2 Å². The number of aromatic nitrogens is 3. The molecule has 0 saturated carbocycles. The number of ether oxygens (including phenoxy) is 1. The molecule has 0 spiro atoms. The van der Waals surface area contributed by atoms with Crippen molar-refractivity contribution in [3.05, 3.63) is 34.9 Å². The van der Waals surface area contributed by atoms with Gasteiger partial charge in [0.2, 0.25) is 5.28 Å². The maximum Gasteiger partial charge on any atom is 0.321 e. The molecule has 0 aliphatic heterocycles. The second-order valence-corrected chi connectivity index (χ2v) is 3.89. The standard InChI is InChI=1S/C12H11ClFN3O/c1-3-18-12-16-10(15-11(13)17-12)8-5-4-6-9(14)7(8)2/h4-6H,3H2,1-2H3. The molecular weight excluding hydrogens is 257 g/mol. The molecule has 0 bridgehead atoms. The normalized spacial score (nSPS) is 10.4. The molecule has 4 nitrogen and oxygen atoms in total. The number of benzene rings is 1. The summed E-state index contributed by atoms with van der Waals surface area (Å²) in [6.07, 6.45) is 0. The zero-order valence-corrected chi connectivity index (χ0v) is 10.7. The summed E-state index contributed by atoms with van der Waals surface area (Å²) in [7, 11) is 0. The second kappa shape index (κ2) is 5.27. The molecule has 0 saturated heterocycles. The first-order valence-electron chi connectivity index (χ1n) is 5.41. The van der Waals surface area contributed by atoms with Crippen molar-refractivity contribution < 1.29 is 9.13 Å². The van der Waals surface area contributed by atoms with E-state index in [1.165, 1.54) is 6.07 Å². The highest BCUT2D eigenvalue weighted by atomic mass is 35.5. The highest BCUT2D eigenvalue weighted by Gasteiger charge is 2.12. The van der Waals surface area contributed by atoms with Crippen molar-refractivity contribution in [2.75, 3.05) is 6.61 Å². The van der Waals surface area contributed by atoms with Crippen molar-refractivity contribution in [2.45, 2.75) is 13.8 Å². The van der Waals surface area contributed by atoms with Gasteiger partial charge in [-0.15, -0.1) is 0 Å². The number of rotatable bonds is 3. The molecule has 0 fully saturated rings. The lowest BCUT2D eigenvalue weighted by molar-refractivity contribution is 0.312. The number of hydrogen-bond donors (Lipinski definition) is 0. The van der Waals surface area contributed by atoms with Crippen LogP contribution < -0.4 is 4.74 Å². The molecule has 1 heterocycles. The van der Waals surface area contributed by atoms with E-state index < -0.39 is 0 Å².